The number of rotatable bonds is 4. The Morgan fingerprint density at radius 1 is 1.64 bits per heavy atom. The number of aliphatic hydroxyl groups is 1. The first-order valence-corrected chi connectivity index (χ1v) is 5.83. The summed E-state index contributed by atoms with van der Waals surface area (Å²) in [5, 5.41) is 13.8. The van der Waals surface area contributed by atoms with Crippen molar-refractivity contribution in [1.82, 2.24) is 10.3 Å². The van der Waals surface area contributed by atoms with Crippen molar-refractivity contribution in [1.29, 1.82) is 0 Å². The number of aliphatic hydroxyl groups excluding tert-OH is 1. The lowest BCUT2D eigenvalue weighted by molar-refractivity contribution is 0.0875. The van der Waals surface area contributed by atoms with Crippen LogP contribution in [0.5, 0.6) is 0 Å². The van der Waals surface area contributed by atoms with Gasteiger partial charge in [-0.3, -0.25) is 0 Å². The van der Waals surface area contributed by atoms with Crippen LogP contribution < -0.4 is 5.32 Å². The van der Waals surface area contributed by atoms with Crippen LogP contribution in [0.25, 0.3) is 0 Å². The smallest absolute Gasteiger partial charge is 0.0897 e. The van der Waals surface area contributed by atoms with Gasteiger partial charge in [0.05, 0.1) is 11.6 Å². The van der Waals surface area contributed by atoms with E-state index in [4.69, 9.17) is 0 Å². The number of hydrogen-bond acceptors (Lipinski definition) is 4. The molecule has 2 N–H and O–H groups in total. The maximum absolute atomic E-state index is 9.25. The van der Waals surface area contributed by atoms with E-state index in [0.717, 1.165) is 24.4 Å². The average molecular weight is 212 g/mol. The van der Waals surface area contributed by atoms with Gasteiger partial charge in [-0.25, -0.2) is 4.98 Å². The highest BCUT2D eigenvalue weighted by Crippen LogP contribution is 2.31. The van der Waals surface area contributed by atoms with Crippen molar-refractivity contribution in [3.63, 3.8) is 0 Å². The van der Waals surface area contributed by atoms with Gasteiger partial charge in [0.2, 0.25) is 0 Å². The fraction of sp³-hybridized carbons (Fsp3) is 0.700. The van der Waals surface area contributed by atoms with E-state index in [0.29, 0.717) is 0 Å². The Morgan fingerprint density at radius 2 is 2.43 bits per heavy atom. The van der Waals surface area contributed by atoms with E-state index in [1.54, 1.807) is 11.3 Å². The molecule has 1 aromatic rings. The molecule has 0 spiro atoms. The summed E-state index contributed by atoms with van der Waals surface area (Å²) in [6.45, 7) is 3.11. The minimum absolute atomic E-state index is 0.0118. The van der Waals surface area contributed by atoms with Gasteiger partial charge in [0.1, 0.15) is 0 Å². The van der Waals surface area contributed by atoms with Crippen molar-refractivity contribution in [3.05, 3.63) is 16.1 Å². The lowest BCUT2D eigenvalue weighted by Gasteiger charge is -2.41. The molecule has 3 nitrogen and oxygen atoms in total. The lowest BCUT2D eigenvalue weighted by Crippen LogP contribution is -2.53. The summed E-state index contributed by atoms with van der Waals surface area (Å²) < 4.78 is 0. The SMILES string of the molecule is Cc1ncc(CNC2(CO)CCC2)s1. The van der Waals surface area contributed by atoms with Gasteiger partial charge in [0.25, 0.3) is 0 Å². The summed E-state index contributed by atoms with van der Waals surface area (Å²) in [6, 6.07) is 0. The van der Waals surface area contributed by atoms with Crippen LogP contribution in [0.1, 0.15) is 29.1 Å². The molecule has 1 fully saturated rings. The molecule has 1 aliphatic carbocycles. The molecule has 1 saturated carbocycles. The van der Waals surface area contributed by atoms with Crippen LogP contribution in [-0.2, 0) is 6.54 Å². The van der Waals surface area contributed by atoms with Gasteiger partial charge in [-0.05, 0) is 26.2 Å². The number of aromatic nitrogens is 1. The van der Waals surface area contributed by atoms with E-state index >= 15 is 0 Å². The molecule has 0 radical (unpaired) electrons. The zero-order chi connectivity index (χ0) is 10.0. The zero-order valence-corrected chi connectivity index (χ0v) is 9.23. The van der Waals surface area contributed by atoms with Crippen LogP contribution in [0.15, 0.2) is 6.20 Å². The van der Waals surface area contributed by atoms with E-state index in [-0.39, 0.29) is 12.1 Å². The van der Waals surface area contributed by atoms with Crippen molar-refractivity contribution >= 4 is 11.3 Å². The molecule has 0 unspecified atom stereocenters. The molecule has 1 heterocycles. The Balaban J connectivity index is 1.87. The summed E-state index contributed by atoms with van der Waals surface area (Å²) in [7, 11) is 0. The molecule has 0 atom stereocenters. The van der Waals surface area contributed by atoms with E-state index in [1.165, 1.54) is 11.3 Å². The quantitative estimate of drug-likeness (QED) is 0.794. The van der Waals surface area contributed by atoms with Crippen molar-refractivity contribution in [2.24, 2.45) is 0 Å². The molecule has 1 aliphatic rings. The molecule has 0 bridgehead atoms. The minimum atomic E-state index is 0.0118. The number of aryl methyl sites for hydroxylation is 1. The van der Waals surface area contributed by atoms with Crippen LogP contribution in [0.4, 0.5) is 0 Å². The van der Waals surface area contributed by atoms with Crippen molar-refractivity contribution in [2.75, 3.05) is 6.61 Å². The monoisotopic (exact) mass is 212 g/mol. The van der Waals surface area contributed by atoms with E-state index in [2.05, 4.69) is 10.3 Å². The maximum Gasteiger partial charge on any atom is 0.0897 e. The van der Waals surface area contributed by atoms with E-state index in [9.17, 15) is 5.11 Å². The summed E-state index contributed by atoms with van der Waals surface area (Å²) in [5.74, 6) is 0. The number of hydrogen-bond donors (Lipinski definition) is 2. The van der Waals surface area contributed by atoms with Crippen LogP contribution in [0.3, 0.4) is 0 Å². The number of thiazole rings is 1. The van der Waals surface area contributed by atoms with Crippen LogP contribution >= 0.6 is 11.3 Å². The summed E-state index contributed by atoms with van der Waals surface area (Å²) in [6.07, 6.45) is 5.34. The highest BCUT2D eigenvalue weighted by atomic mass is 32.1. The molecule has 0 saturated heterocycles. The standard InChI is InChI=1S/C10H16N2OS/c1-8-11-5-9(14-8)6-12-10(7-13)3-2-4-10/h5,12-13H,2-4,6-7H2,1H3. The molecule has 78 valence electrons. The maximum atomic E-state index is 9.25. The summed E-state index contributed by atoms with van der Waals surface area (Å²) in [5.41, 5.74) is 0.0118. The molecular weight excluding hydrogens is 196 g/mol. The Kier molecular flexibility index (Phi) is 2.85. The number of nitrogens with zero attached hydrogens (tertiary/aromatic N) is 1. The van der Waals surface area contributed by atoms with Crippen LogP contribution in [0, 0.1) is 6.92 Å². The fourth-order valence-electron chi connectivity index (χ4n) is 1.76. The summed E-state index contributed by atoms with van der Waals surface area (Å²) >= 11 is 1.72. The second kappa shape index (κ2) is 3.96. The molecule has 0 aliphatic heterocycles. The van der Waals surface area contributed by atoms with Gasteiger partial charge in [0, 0.05) is 23.2 Å². The predicted octanol–water partition coefficient (Wildman–Crippen LogP) is 1.46. The van der Waals surface area contributed by atoms with E-state index < -0.39 is 0 Å². The molecule has 2 rings (SSSR count). The topological polar surface area (TPSA) is 45.2 Å². The van der Waals surface area contributed by atoms with Crippen LogP contribution in [0.2, 0.25) is 0 Å². The minimum Gasteiger partial charge on any atom is -0.394 e. The second-order valence-electron chi connectivity index (χ2n) is 3.99. The Bertz CT molecular complexity index is 301. The molecule has 14 heavy (non-hydrogen) atoms. The molecule has 0 amide bonds. The Morgan fingerprint density at radius 3 is 2.86 bits per heavy atom. The first-order valence-electron chi connectivity index (χ1n) is 5.01. The third kappa shape index (κ3) is 1.97. The van der Waals surface area contributed by atoms with Gasteiger partial charge >= 0.3 is 0 Å². The van der Waals surface area contributed by atoms with Crippen molar-refractivity contribution in [3.8, 4) is 0 Å². The van der Waals surface area contributed by atoms with Crippen LogP contribution in [-0.4, -0.2) is 22.2 Å². The Hall–Kier alpha value is -0.450. The first kappa shape index (κ1) is 10.1. The van der Waals surface area contributed by atoms with Gasteiger partial charge in [-0.1, -0.05) is 0 Å². The van der Waals surface area contributed by atoms with Gasteiger partial charge in [-0.15, -0.1) is 11.3 Å². The number of nitrogens with one attached hydrogen (secondary N) is 1. The molecule has 1 aromatic heterocycles. The molecule has 4 heteroatoms. The second-order valence-corrected chi connectivity index (χ2v) is 5.31. The lowest BCUT2D eigenvalue weighted by atomic mass is 9.77. The molecular formula is C10H16N2OS. The van der Waals surface area contributed by atoms with Gasteiger partial charge in [0.15, 0.2) is 0 Å². The van der Waals surface area contributed by atoms with Gasteiger partial charge < -0.3 is 10.4 Å². The first-order chi connectivity index (χ1) is 6.74. The highest BCUT2D eigenvalue weighted by molar-refractivity contribution is 7.11. The van der Waals surface area contributed by atoms with E-state index in [1.807, 2.05) is 13.1 Å². The molecule has 0 aromatic carbocycles. The zero-order valence-electron chi connectivity index (χ0n) is 8.42. The highest BCUT2D eigenvalue weighted by Gasteiger charge is 2.35. The summed E-state index contributed by atoms with van der Waals surface area (Å²) in [4.78, 5) is 5.46. The third-order valence-electron chi connectivity index (χ3n) is 2.92. The third-order valence-corrected chi connectivity index (χ3v) is 3.83. The predicted molar refractivity (Wildman–Crippen MR) is 57.4 cm³/mol. The Labute approximate surface area is 88.2 Å². The normalized spacial score (nSPS) is 19.3. The van der Waals surface area contributed by atoms with Crippen molar-refractivity contribution in [2.45, 2.75) is 38.3 Å². The largest absolute Gasteiger partial charge is 0.394 e. The van der Waals surface area contributed by atoms with Gasteiger partial charge in [-0.2, -0.15) is 0 Å². The fourth-order valence-corrected chi connectivity index (χ4v) is 2.49. The average Bonchev–Trinajstić information content (AvgIpc) is 2.50. The van der Waals surface area contributed by atoms with Crippen molar-refractivity contribution < 1.29 is 5.11 Å².